The van der Waals surface area contributed by atoms with Crippen LogP contribution in [0.2, 0.25) is 0 Å². The molecule has 2 aromatic rings. The molecule has 0 spiro atoms. The van der Waals surface area contributed by atoms with Gasteiger partial charge in [0.05, 0.1) is 5.69 Å². The Morgan fingerprint density at radius 3 is 3.05 bits per heavy atom. The topological polar surface area (TPSA) is 59.0 Å². The Bertz CT molecular complexity index is 675. The van der Waals surface area contributed by atoms with Crippen molar-refractivity contribution in [2.45, 2.75) is 26.4 Å². The molecule has 0 unspecified atom stereocenters. The molecule has 0 radical (unpaired) electrons. The van der Waals surface area contributed by atoms with Crippen molar-refractivity contribution in [1.29, 1.82) is 0 Å². The zero-order chi connectivity index (χ0) is 14.8. The molecule has 0 fully saturated rings. The molecule has 2 N–H and O–H groups in total. The van der Waals surface area contributed by atoms with Crippen molar-refractivity contribution >= 4 is 5.91 Å². The van der Waals surface area contributed by atoms with Crippen LogP contribution in [-0.4, -0.2) is 22.2 Å². The second-order valence-electron chi connectivity index (χ2n) is 5.51. The smallest absolute Gasteiger partial charge is 0.251 e. The van der Waals surface area contributed by atoms with Gasteiger partial charge in [-0.15, -0.1) is 0 Å². The molecule has 3 rings (SSSR count). The Hall–Kier alpha value is -2.14. The first kappa shape index (κ1) is 13.8. The summed E-state index contributed by atoms with van der Waals surface area (Å²) >= 11 is 0. The van der Waals surface area contributed by atoms with Crippen LogP contribution >= 0.6 is 0 Å². The third-order valence-electron chi connectivity index (χ3n) is 3.91. The lowest BCUT2D eigenvalue weighted by Gasteiger charge is -2.17. The predicted molar refractivity (Wildman–Crippen MR) is 81.0 cm³/mol. The number of rotatable bonds is 3. The Morgan fingerprint density at radius 2 is 2.29 bits per heavy atom. The fraction of sp³-hybridized carbons (Fsp3) is 0.375. The highest BCUT2D eigenvalue weighted by Crippen LogP contribution is 2.16. The van der Waals surface area contributed by atoms with Gasteiger partial charge in [-0.05, 0) is 43.1 Å². The zero-order valence-electron chi connectivity index (χ0n) is 12.4. The van der Waals surface area contributed by atoms with E-state index < -0.39 is 0 Å². The van der Waals surface area contributed by atoms with Crippen molar-refractivity contribution < 1.29 is 4.79 Å². The number of nitrogens with zero attached hydrogens (tertiary/aromatic N) is 2. The Kier molecular flexibility index (Phi) is 3.75. The number of aryl methyl sites for hydroxylation is 2. The van der Waals surface area contributed by atoms with E-state index in [1.807, 2.05) is 32.3 Å². The van der Waals surface area contributed by atoms with Gasteiger partial charge in [-0.2, -0.15) is 5.10 Å². The minimum atomic E-state index is -0.0355. The summed E-state index contributed by atoms with van der Waals surface area (Å²) in [4.78, 5) is 12.3. The number of carbonyl (C=O) groups excluding carboxylic acids is 1. The normalized spacial score (nSPS) is 13.8. The van der Waals surface area contributed by atoms with Crippen LogP contribution in [0.15, 0.2) is 24.4 Å². The van der Waals surface area contributed by atoms with Crippen LogP contribution in [0.4, 0.5) is 0 Å². The molecule has 1 aromatic carbocycles. The summed E-state index contributed by atoms with van der Waals surface area (Å²) in [6.45, 7) is 4.32. The fourth-order valence-corrected chi connectivity index (χ4v) is 2.72. The standard InChI is InChI=1S/C16H20N4O/c1-11-15(10-20(2)19-11)9-18-16(21)13-4-3-12-5-6-17-8-14(12)7-13/h3-4,7,10,17H,5-6,8-9H2,1-2H3,(H,18,21). The van der Waals surface area contributed by atoms with Gasteiger partial charge in [0.1, 0.15) is 0 Å². The first-order chi connectivity index (χ1) is 10.1. The first-order valence-electron chi connectivity index (χ1n) is 7.23. The average Bonchev–Trinajstić information content (AvgIpc) is 2.82. The number of hydrogen-bond donors (Lipinski definition) is 2. The van der Waals surface area contributed by atoms with Gasteiger partial charge < -0.3 is 10.6 Å². The molecular weight excluding hydrogens is 264 g/mol. The van der Waals surface area contributed by atoms with Crippen molar-refractivity contribution in [2.75, 3.05) is 6.54 Å². The van der Waals surface area contributed by atoms with Crippen molar-refractivity contribution in [1.82, 2.24) is 20.4 Å². The van der Waals surface area contributed by atoms with E-state index in [2.05, 4.69) is 21.8 Å². The summed E-state index contributed by atoms with van der Waals surface area (Å²) in [5.41, 5.74) is 5.29. The molecule has 0 saturated heterocycles. The van der Waals surface area contributed by atoms with Crippen molar-refractivity contribution in [3.05, 3.63) is 52.3 Å². The van der Waals surface area contributed by atoms with E-state index in [0.29, 0.717) is 6.54 Å². The van der Waals surface area contributed by atoms with Crippen LogP contribution in [0.1, 0.15) is 32.7 Å². The molecule has 0 atom stereocenters. The van der Waals surface area contributed by atoms with Crippen molar-refractivity contribution in [2.24, 2.45) is 7.05 Å². The SMILES string of the molecule is Cc1nn(C)cc1CNC(=O)c1ccc2c(c1)CNCC2. The van der Waals surface area contributed by atoms with Gasteiger partial charge in [-0.25, -0.2) is 0 Å². The molecule has 1 aliphatic heterocycles. The molecule has 5 nitrogen and oxygen atoms in total. The van der Waals surface area contributed by atoms with Crippen LogP contribution in [0.5, 0.6) is 0 Å². The van der Waals surface area contributed by atoms with Crippen LogP contribution in [0.3, 0.4) is 0 Å². The third-order valence-corrected chi connectivity index (χ3v) is 3.91. The predicted octanol–water partition coefficient (Wildman–Crippen LogP) is 1.30. The van der Waals surface area contributed by atoms with Gasteiger partial charge in [-0.1, -0.05) is 6.07 Å². The summed E-state index contributed by atoms with van der Waals surface area (Å²) < 4.78 is 1.77. The Labute approximate surface area is 124 Å². The quantitative estimate of drug-likeness (QED) is 0.893. The average molecular weight is 284 g/mol. The van der Waals surface area contributed by atoms with Crippen molar-refractivity contribution in [3.8, 4) is 0 Å². The van der Waals surface area contributed by atoms with E-state index in [9.17, 15) is 4.79 Å². The van der Waals surface area contributed by atoms with Gasteiger partial charge in [0.25, 0.3) is 5.91 Å². The van der Waals surface area contributed by atoms with Gasteiger partial charge >= 0.3 is 0 Å². The lowest BCUT2D eigenvalue weighted by molar-refractivity contribution is 0.0950. The maximum absolute atomic E-state index is 12.3. The van der Waals surface area contributed by atoms with Gasteiger partial charge in [0, 0.05) is 37.5 Å². The fourth-order valence-electron chi connectivity index (χ4n) is 2.72. The van der Waals surface area contributed by atoms with Crippen LogP contribution in [0, 0.1) is 6.92 Å². The molecule has 1 amide bonds. The van der Waals surface area contributed by atoms with Gasteiger partial charge in [-0.3, -0.25) is 9.48 Å². The monoisotopic (exact) mass is 284 g/mol. The van der Waals surface area contributed by atoms with Gasteiger partial charge in [0.2, 0.25) is 0 Å². The van der Waals surface area contributed by atoms with Gasteiger partial charge in [0.15, 0.2) is 0 Å². The summed E-state index contributed by atoms with van der Waals surface area (Å²) in [5.74, 6) is -0.0355. The number of hydrogen-bond acceptors (Lipinski definition) is 3. The second kappa shape index (κ2) is 5.69. The maximum atomic E-state index is 12.3. The highest BCUT2D eigenvalue weighted by molar-refractivity contribution is 5.94. The van der Waals surface area contributed by atoms with E-state index in [4.69, 9.17) is 0 Å². The van der Waals surface area contributed by atoms with Crippen LogP contribution in [0.25, 0.3) is 0 Å². The highest BCUT2D eigenvalue weighted by Gasteiger charge is 2.13. The summed E-state index contributed by atoms with van der Waals surface area (Å²) in [6.07, 6.45) is 2.97. The summed E-state index contributed by atoms with van der Waals surface area (Å²) in [5, 5.41) is 10.6. The van der Waals surface area contributed by atoms with E-state index in [1.165, 1.54) is 11.1 Å². The summed E-state index contributed by atoms with van der Waals surface area (Å²) in [6, 6.07) is 5.98. The molecule has 5 heteroatoms. The van der Waals surface area contributed by atoms with Crippen molar-refractivity contribution in [3.63, 3.8) is 0 Å². The number of nitrogens with one attached hydrogen (secondary N) is 2. The number of fused-ring (bicyclic) bond motifs is 1. The largest absolute Gasteiger partial charge is 0.348 e. The molecule has 110 valence electrons. The minimum Gasteiger partial charge on any atom is -0.348 e. The van der Waals surface area contributed by atoms with E-state index in [1.54, 1.807) is 4.68 Å². The zero-order valence-corrected chi connectivity index (χ0v) is 12.4. The van der Waals surface area contributed by atoms with Crippen LogP contribution in [-0.2, 0) is 26.6 Å². The molecule has 0 bridgehead atoms. The Morgan fingerprint density at radius 1 is 1.43 bits per heavy atom. The third kappa shape index (κ3) is 2.97. The lowest BCUT2D eigenvalue weighted by Crippen LogP contribution is -2.26. The van der Waals surface area contributed by atoms with E-state index >= 15 is 0 Å². The number of aromatic nitrogens is 2. The lowest BCUT2D eigenvalue weighted by atomic mass is 9.98. The van der Waals surface area contributed by atoms with Crippen LogP contribution < -0.4 is 10.6 Å². The number of amides is 1. The summed E-state index contributed by atoms with van der Waals surface area (Å²) in [7, 11) is 1.88. The maximum Gasteiger partial charge on any atom is 0.251 e. The number of carbonyl (C=O) groups is 1. The van der Waals surface area contributed by atoms with E-state index in [-0.39, 0.29) is 5.91 Å². The molecule has 2 heterocycles. The molecule has 21 heavy (non-hydrogen) atoms. The molecule has 1 aliphatic rings. The molecule has 0 aliphatic carbocycles. The first-order valence-corrected chi connectivity index (χ1v) is 7.23. The molecule has 0 saturated carbocycles. The number of benzene rings is 1. The van der Waals surface area contributed by atoms with E-state index in [0.717, 1.165) is 36.3 Å². The second-order valence-corrected chi connectivity index (χ2v) is 5.51. The minimum absolute atomic E-state index is 0.0355. The molecular formula is C16H20N4O. The molecule has 1 aromatic heterocycles. The Balaban J connectivity index is 1.69. The highest BCUT2D eigenvalue weighted by atomic mass is 16.1.